The Balaban J connectivity index is 2.28. The van der Waals surface area contributed by atoms with Gasteiger partial charge in [-0.1, -0.05) is 0 Å². The molecule has 0 saturated carbocycles. The predicted molar refractivity (Wildman–Crippen MR) is 81.1 cm³/mol. The molecule has 0 bridgehead atoms. The van der Waals surface area contributed by atoms with Crippen molar-refractivity contribution in [1.29, 1.82) is 5.26 Å². The summed E-state index contributed by atoms with van der Waals surface area (Å²) in [6.45, 7) is 2.61. The van der Waals surface area contributed by atoms with Gasteiger partial charge in [-0.25, -0.2) is 0 Å². The van der Waals surface area contributed by atoms with Crippen LogP contribution in [0.2, 0.25) is 5.28 Å². The highest BCUT2D eigenvalue weighted by Crippen LogP contribution is 2.26. The Morgan fingerprint density at radius 1 is 1.30 bits per heavy atom. The van der Waals surface area contributed by atoms with Crippen molar-refractivity contribution in [2.75, 3.05) is 17.2 Å². The molecule has 0 fully saturated rings. The van der Waals surface area contributed by atoms with E-state index < -0.39 is 0 Å². The van der Waals surface area contributed by atoms with E-state index >= 15 is 0 Å². The van der Waals surface area contributed by atoms with Gasteiger partial charge in [0.05, 0.1) is 17.3 Å². The summed E-state index contributed by atoms with van der Waals surface area (Å²) < 4.78 is 0.734. The first-order chi connectivity index (χ1) is 9.62. The minimum Gasteiger partial charge on any atom is -0.354 e. The van der Waals surface area contributed by atoms with Crippen LogP contribution in [0, 0.1) is 11.3 Å². The maximum absolute atomic E-state index is 8.82. The SMILES string of the molecule is CCNc1nc(Cl)nc(Nc2ccc(C#N)cc2Br)n1. The van der Waals surface area contributed by atoms with E-state index in [2.05, 4.69) is 47.6 Å². The molecule has 0 aliphatic carbocycles. The second kappa shape index (κ2) is 6.50. The lowest BCUT2D eigenvalue weighted by Gasteiger charge is -2.09. The fraction of sp³-hybridized carbons (Fsp3) is 0.167. The highest BCUT2D eigenvalue weighted by molar-refractivity contribution is 9.10. The molecule has 2 N–H and O–H groups in total. The van der Waals surface area contributed by atoms with Gasteiger partial charge in [-0.3, -0.25) is 0 Å². The first-order valence-corrected chi connectivity index (χ1v) is 6.91. The molecule has 0 atom stereocenters. The number of anilines is 3. The molecule has 102 valence electrons. The average Bonchev–Trinajstić information content (AvgIpc) is 2.41. The van der Waals surface area contributed by atoms with E-state index in [4.69, 9.17) is 16.9 Å². The zero-order valence-corrected chi connectivity index (χ0v) is 12.8. The molecule has 1 aromatic carbocycles. The van der Waals surface area contributed by atoms with Gasteiger partial charge in [0, 0.05) is 11.0 Å². The zero-order chi connectivity index (χ0) is 14.5. The third-order valence-corrected chi connectivity index (χ3v) is 3.11. The topological polar surface area (TPSA) is 86.5 Å². The van der Waals surface area contributed by atoms with E-state index in [1.54, 1.807) is 18.2 Å². The van der Waals surface area contributed by atoms with E-state index in [0.717, 1.165) is 10.2 Å². The number of halogens is 2. The summed E-state index contributed by atoms with van der Waals surface area (Å²) in [6, 6.07) is 7.22. The number of hydrogen-bond acceptors (Lipinski definition) is 6. The predicted octanol–water partition coefficient (Wildman–Crippen LogP) is 3.33. The number of nitrogens with zero attached hydrogens (tertiary/aromatic N) is 4. The van der Waals surface area contributed by atoms with Crippen LogP contribution in [-0.4, -0.2) is 21.5 Å². The van der Waals surface area contributed by atoms with E-state index in [0.29, 0.717) is 24.0 Å². The summed E-state index contributed by atoms with van der Waals surface area (Å²) in [4.78, 5) is 12.1. The van der Waals surface area contributed by atoms with Crippen LogP contribution in [0.1, 0.15) is 12.5 Å². The average molecular weight is 354 g/mol. The third kappa shape index (κ3) is 3.56. The van der Waals surface area contributed by atoms with Crippen LogP contribution in [-0.2, 0) is 0 Å². The molecule has 1 heterocycles. The lowest BCUT2D eigenvalue weighted by atomic mass is 10.2. The Morgan fingerprint density at radius 3 is 2.70 bits per heavy atom. The molecule has 0 aliphatic heterocycles. The van der Waals surface area contributed by atoms with Gasteiger partial charge in [0.15, 0.2) is 0 Å². The van der Waals surface area contributed by atoms with Crippen LogP contribution in [0.25, 0.3) is 0 Å². The molecule has 0 radical (unpaired) electrons. The monoisotopic (exact) mass is 352 g/mol. The quantitative estimate of drug-likeness (QED) is 0.876. The second-order valence-corrected chi connectivity index (χ2v) is 4.91. The van der Waals surface area contributed by atoms with Crippen molar-refractivity contribution >= 4 is 45.1 Å². The number of nitrogens with one attached hydrogen (secondary N) is 2. The number of rotatable bonds is 4. The third-order valence-electron chi connectivity index (χ3n) is 2.29. The fourth-order valence-electron chi connectivity index (χ4n) is 1.45. The first kappa shape index (κ1) is 14.5. The molecule has 2 aromatic rings. The molecular weight excluding hydrogens is 344 g/mol. The van der Waals surface area contributed by atoms with Crippen LogP contribution in [0.5, 0.6) is 0 Å². The van der Waals surface area contributed by atoms with Crippen molar-refractivity contribution < 1.29 is 0 Å². The number of nitriles is 1. The van der Waals surface area contributed by atoms with E-state index in [-0.39, 0.29) is 5.28 Å². The molecule has 0 saturated heterocycles. The first-order valence-electron chi connectivity index (χ1n) is 5.74. The lowest BCUT2D eigenvalue weighted by Crippen LogP contribution is -2.06. The van der Waals surface area contributed by atoms with Gasteiger partial charge in [-0.05, 0) is 52.7 Å². The summed E-state index contributed by atoms with van der Waals surface area (Å²) in [5.41, 5.74) is 1.29. The Hall–Kier alpha value is -1.91. The van der Waals surface area contributed by atoms with Crippen molar-refractivity contribution in [2.24, 2.45) is 0 Å². The van der Waals surface area contributed by atoms with E-state index in [1.165, 1.54) is 0 Å². The molecular formula is C12H10BrClN6. The Morgan fingerprint density at radius 2 is 2.05 bits per heavy atom. The van der Waals surface area contributed by atoms with Gasteiger partial charge in [0.2, 0.25) is 17.2 Å². The van der Waals surface area contributed by atoms with Crippen molar-refractivity contribution in [3.8, 4) is 6.07 Å². The highest BCUT2D eigenvalue weighted by atomic mass is 79.9. The number of hydrogen-bond donors (Lipinski definition) is 2. The van der Waals surface area contributed by atoms with Gasteiger partial charge in [-0.15, -0.1) is 0 Å². The van der Waals surface area contributed by atoms with Crippen LogP contribution in [0.4, 0.5) is 17.6 Å². The molecule has 0 aliphatic rings. The summed E-state index contributed by atoms with van der Waals surface area (Å²) in [5.74, 6) is 0.728. The summed E-state index contributed by atoms with van der Waals surface area (Å²) in [6.07, 6.45) is 0. The van der Waals surface area contributed by atoms with E-state index in [1.807, 2.05) is 6.92 Å². The zero-order valence-electron chi connectivity index (χ0n) is 10.5. The molecule has 20 heavy (non-hydrogen) atoms. The highest BCUT2D eigenvalue weighted by Gasteiger charge is 2.07. The number of aromatic nitrogens is 3. The normalized spacial score (nSPS) is 9.90. The maximum Gasteiger partial charge on any atom is 0.233 e. The molecule has 1 aromatic heterocycles. The van der Waals surface area contributed by atoms with Crippen LogP contribution >= 0.6 is 27.5 Å². The van der Waals surface area contributed by atoms with Crippen molar-refractivity contribution in [2.45, 2.75) is 6.92 Å². The minimum absolute atomic E-state index is 0.100. The fourth-order valence-corrected chi connectivity index (χ4v) is 2.09. The molecule has 0 spiro atoms. The van der Waals surface area contributed by atoms with Crippen molar-refractivity contribution in [1.82, 2.24) is 15.0 Å². The summed E-state index contributed by atoms with van der Waals surface area (Å²) >= 11 is 9.22. The van der Waals surface area contributed by atoms with Gasteiger partial charge < -0.3 is 10.6 Å². The van der Waals surface area contributed by atoms with Gasteiger partial charge >= 0.3 is 0 Å². The Labute approximate surface area is 129 Å². The number of benzene rings is 1. The van der Waals surface area contributed by atoms with E-state index in [9.17, 15) is 0 Å². The van der Waals surface area contributed by atoms with Crippen LogP contribution in [0.3, 0.4) is 0 Å². The van der Waals surface area contributed by atoms with Gasteiger partial charge in [0.25, 0.3) is 0 Å². The maximum atomic E-state index is 8.82. The van der Waals surface area contributed by atoms with Gasteiger partial charge in [-0.2, -0.15) is 20.2 Å². The summed E-state index contributed by atoms with van der Waals surface area (Å²) in [5, 5.41) is 14.9. The standard InChI is InChI=1S/C12H10BrClN6/c1-2-16-11-18-10(14)19-12(20-11)17-9-4-3-7(6-15)5-8(9)13/h3-5H,2H2,1H3,(H2,16,17,18,19,20). The molecule has 6 nitrogen and oxygen atoms in total. The lowest BCUT2D eigenvalue weighted by molar-refractivity contribution is 1.02. The second-order valence-electron chi connectivity index (χ2n) is 3.71. The minimum atomic E-state index is 0.100. The molecule has 8 heteroatoms. The largest absolute Gasteiger partial charge is 0.354 e. The smallest absolute Gasteiger partial charge is 0.233 e. The molecule has 2 rings (SSSR count). The molecule has 0 amide bonds. The summed E-state index contributed by atoms with van der Waals surface area (Å²) in [7, 11) is 0. The van der Waals surface area contributed by atoms with Crippen molar-refractivity contribution in [3.63, 3.8) is 0 Å². The van der Waals surface area contributed by atoms with Crippen molar-refractivity contribution in [3.05, 3.63) is 33.5 Å². The van der Waals surface area contributed by atoms with Gasteiger partial charge in [0.1, 0.15) is 0 Å². The Kier molecular flexibility index (Phi) is 4.71. The van der Waals surface area contributed by atoms with Crippen LogP contribution < -0.4 is 10.6 Å². The Bertz CT molecular complexity index is 669. The molecule has 0 unspecified atom stereocenters. The van der Waals surface area contributed by atoms with Crippen LogP contribution in [0.15, 0.2) is 22.7 Å².